The third-order valence-electron chi connectivity index (χ3n) is 7.35. The van der Waals surface area contributed by atoms with Gasteiger partial charge in [0.05, 0.1) is 33.4 Å². The highest BCUT2D eigenvalue weighted by atomic mass is 32.1. The molecule has 0 amide bonds. The van der Waals surface area contributed by atoms with Gasteiger partial charge in [0.25, 0.3) is 11.2 Å². The molecule has 0 saturated heterocycles. The summed E-state index contributed by atoms with van der Waals surface area (Å²) in [6, 6.07) is 22.0. The van der Waals surface area contributed by atoms with Gasteiger partial charge in [0.2, 0.25) is 0 Å². The van der Waals surface area contributed by atoms with Crippen LogP contribution in [0.5, 0.6) is 0 Å². The first-order valence-electron chi connectivity index (χ1n) is 13.1. The van der Waals surface area contributed by atoms with Gasteiger partial charge in [-0.2, -0.15) is 0 Å². The smallest absolute Gasteiger partial charge is 0.338 e. The Balaban J connectivity index is 1.65. The van der Waals surface area contributed by atoms with Gasteiger partial charge in [0.1, 0.15) is 0 Å². The van der Waals surface area contributed by atoms with Crippen molar-refractivity contribution in [3.8, 4) is 0 Å². The number of nitro groups is 1. The van der Waals surface area contributed by atoms with Crippen LogP contribution in [0.2, 0.25) is 0 Å². The van der Waals surface area contributed by atoms with Crippen LogP contribution in [0.1, 0.15) is 36.6 Å². The fourth-order valence-corrected chi connectivity index (χ4v) is 6.46. The van der Waals surface area contributed by atoms with E-state index in [1.165, 1.54) is 22.0 Å². The molecule has 0 N–H and O–H groups in total. The molecule has 0 spiro atoms. The number of benzene rings is 4. The topological polar surface area (TPSA) is 104 Å². The molecule has 1 atom stereocenters. The number of nitro benzene ring substituents is 1. The van der Waals surface area contributed by atoms with E-state index in [4.69, 9.17) is 4.74 Å². The van der Waals surface area contributed by atoms with Gasteiger partial charge >= 0.3 is 5.97 Å². The number of nitrogens with zero attached hydrogens (tertiary/aromatic N) is 3. The van der Waals surface area contributed by atoms with Gasteiger partial charge in [-0.25, -0.2) is 9.79 Å². The van der Waals surface area contributed by atoms with Crippen LogP contribution in [0, 0.1) is 17.0 Å². The van der Waals surface area contributed by atoms with Crippen molar-refractivity contribution in [2.75, 3.05) is 6.61 Å². The van der Waals surface area contributed by atoms with Gasteiger partial charge in [-0.3, -0.25) is 19.5 Å². The average molecular weight is 564 g/mol. The number of aromatic nitrogens is 1. The number of esters is 1. The normalized spacial score (nSPS) is 15.2. The first kappa shape index (κ1) is 26.3. The maximum atomic E-state index is 14.2. The molecule has 0 aliphatic carbocycles. The quantitative estimate of drug-likeness (QED) is 0.125. The molecule has 1 aliphatic heterocycles. The summed E-state index contributed by atoms with van der Waals surface area (Å²) in [4.78, 5) is 43.7. The summed E-state index contributed by atoms with van der Waals surface area (Å²) < 4.78 is 7.24. The highest BCUT2D eigenvalue weighted by molar-refractivity contribution is 7.07. The Morgan fingerprint density at radius 3 is 2.34 bits per heavy atom. The third kappa shape index (κ3) is 4.44. The highest BCUT2D eigenvalue weighted by Crippen LogP contribution is 2.34. The molecule has 204 valence electrons. The fourth-order valence-electron chi connectivity index (χ4n) is 5.44. The predicted octanol–water partition coefficient (Wildman–Crippen LogP) is 5.32. The number of hydrogen-bond acceptors (Lipinski definition) is 7. The molecular formula is C32H25N3O5S. The molecule has 0 saturated carbocycles. The molecule has 0 bridgehead atoms. The minimum absolute atomic E-state index is 0.0929. The number of carbonyl (C=O) groups is 1. The second kappa shape index (κ2) is 10.3. The zero-order valence-corrected chi connectivity index (χ0v) is 23.4. The second-order valence-electron chi connectivity index (χ2n) is 9.84. The van der Waals surface area contributed by atoms with Crippen LogP contribution in [-0.2, 0) is 9.53 Å². The summed E-state index contributed by atoms with van der Waals surface area (Å²) in [6.07, 6.45) is 1.88. The molecule has 1 aromatic heterocycles. The number of allylic oxidation sites excluding steroid dienone is 1. The lowest BCUT2D eigenvalue weighted by atomic mass is 9.94. The number of ether oxygens (including phenoxy) is 1. The molecule has 2 heterocycles. The van der Waals surface area contributed by atoms with Crippen molar-refractivity contribution in [2.24, 2.45) is 4.99 Å². The average Bonchev–Trinajstić information content (AvgIpc) is 3.26. The van der Waals surface area contributed by atoms with Crippen LogP contribution in [0.4, 0.5) is 5.69 Å². The van der Waals surface area contributed by atoms with Gasteiger partial charge in [0.15, 0.2) is 4.80 Å². The van der Waals surface area contributed by atoms with Crippen LogP contribution in [0.25, 0.3) is 27.6 Å². The molecule has 0 unspecified atom stereocenters. The van der Waals surface area contributed by atoms with Crippen LogP contribution >= 0.6 is 11.3 Å². The summed E-state index contributed by atoms with van der Waals surface area (Å²) in [5, 5.41) is 15.9. The van der Waals surface area contributed by atoms with E-state index < -0.39 is 16.9 Å². The Hall–Kier alpha value is -4.89. The van der Waals surface area contributed by atoms with Crippen LogP contribution < -0.4 is 14.9 Å². The monoisotopic (exact) mass is 563 g/mol. The van der Waals surface area contributed by atoms with Crippen LogP contribution in [-0.4, -0.2) is 22.1 Å². The van der Waals surface area contributed by atoms with Gasteiger partial charge in [0, 0.05) is 11.6 Å². The van der Waals surface area contributed by atoms with E-state index in [-0.39, 0.29) is 23.4 Å². The van der Waals surface area contributed by atoms with Crippen molar-refractivity contribution >= 4 is 50.6 Å². The predicted molar refractivity (Wildman–Crippen MR) is 160 cm³/mol. The van der Waals surface area contributed by atoms with Gasteiger partial charge < -0.3 is 4.74 Å². The summed E-state index contributed by atoms with van der Waals surface area (Å²) in [6.45, 7) is 5.17. The van der Waals surface area contributed by atoms with Crippen LogP contribution in [0.3, 0.4) is 0 Å². The lowest BCUT2D eigenvalue weighted by molar-refractivity contribution is -0.385. The summed E-state index contributed by atoms with van der Waals surface area (Å²) in [7, 11) is 0. The summed E-state index contributed by atoms with van der Waals surface area (Å²) in [5.74, 6) is -0.615. The van der Waals surface area contributed by atoms with E-state index in [9.17, 15) is 19.7 Å². The minimum atomic E-state index is -0.934. The van der Waals surface area contributed by atoms with Gasteiger partial charge in [-0.15, -0.1) is 0 Å². The highest BCUT2D eigenvalue weighted by Gasteiger charge is 2.34. The van der Waals surface area contributed by atoms with E-state index >= 15 is 0 Å². The minimum Gasteiger partial charge on any atom is -0.463 e. The van der Waals surface area contributed by atoms with Crippen LogP contribution in [0.15, 0.2) is 93.9 Å². The van der Waals surface area contributed by atoms with E-state index in [2.05, 4.69) is 11.1 Å². The summed E-state index contributed by atoms with van der Waals surface area (Å²) >= 11 is 1.22. The van der Waals surface area contributed by atoms with Crippen molar-refractivity contribution in [1.82, 2.24) is 4.57 Å². The first-order valence-corrected chi connectivity index (χ1v) is 13.9. The van der Waals surface area contributed by atoms with E-state index in [1.807, 2.05) is 54.6 Å². The van der Waals surface area contributed by atoms with E-state index in [0.717, 1.165) is 27.1 Å². The lowest BCUT2D eigenvalue weighted by Crippen LogP contribution is -2.40. The zero-order valence-electron chi connectivity index (χ0n) is 22.6. The molecular weight excluding hydrogens is 538 g/mol. The number of carbonyl (C=O) groups excluding carboxylic acids is 1. The molecule has 6 rings (SSSR count). The fraction of sp³-hybridized carbons (Fsp3) is 0.156. The SMILES string of the molecule is CCOC(=O)C1=C(C)N=c2s/c(=C/c3c4ccccc4cc4ccccc34)c(=O)n2[C@H]1c1ccc(C)c([N+](=O)[O-])c1. The zero-order chi connectivity index (χ0) is 28.8. The Kier molecular flexibility index (Phi) is 6.59. The standard InChI is InChI=1S/C32H25N3O5S/c1-4-40-31(37)28-19(3)33-32-34(29(28)22-14-13-18(2)26(16-22)35(38)39)30(36)27(41-32)17-25-23-11-7-5-9-20(23)15-21-10-6-8-12-24(21)25/h5-17,29H,4H2,1-3H3/b27-17+/t29-/m0/s1. The van der Waals surface area contributed by atoms with Crippen molar-refractivity contribution in [3.05, 3.63) is 131 Å². The second-order valence-corrected chi connectivity index (χ2v) is 10.8. The molecule has 0 fully saturated rings. The Bertz CT molecular complexity index is 2070. The maximum absolute atomic E-state index is 14.2. The number of rotatable bonds is 5. The van der Waals surface area contributed by atoms with Crippen molar-refractivity contribution in [3.63, 3.8) is 0 Å². The van der Waals surface area contributed by atoms with E-state index in [0.29, 0.717) is 26.2 Å². The number of thiazole rings is 1. The molecule has 5 aromatic rings. The largest absolute Gasteiger partial charge is 0.463 e. The Labute approximate surface area is 238 Å². The van der Waals surface area contributed by atoms with Gasteiger partial charge in [-0.05, 0) is 65.6 Å². The van der Waals surface area contributed by atoms with Crippen molar-refractivity contribution in [2.45, 2.75) is 26.8 Å². The van der Waals surface area contributed by atoms with Crippen molar-refractivity contribution in [1.29, 1.82) is 0 Å². The first-order chi connectivity index (χ1) is 19.8. The molecule has 41 heavy (non-hydrogen) atoms. The Morgan fingerprint density at radius 2 is 1.71 bits per heavy atom. The molecule has 0 radical (unpaired) electrons. The number of hydrogen-bond donors (Lipinski definition) is 0. The molecule has 8 nitrogen and oxygen atoms in total. The number of aryl methyl sites for hydroxylation is 1. The van der Waals surface area contributed by atoms with Crippen molar-refractivity contribution < 1.29 is 14.5 Å². The number of fused-ring (bicyclic) bond motifs is 3. The maximum Gasteiger partial charge on any atom is 0.338 e. The molecule has 4 aromatic carbocycles. The lowest BCUT2D eigenvalue weighted by Gasteiger charge is -2.24. The summed E-state index contributed by atoms with van der Waals surface area (Å²) in [5.41, 5.74) is 1.97. The molecule has 1 aliphatic rings. The third-order valence-corrected chi connectivity index (χ3v) is 8.33. The van der Waals surface area contributed by atoms with E-state index in [1.54, 1.807) is 32.9 Å². The van der Waals surface area contributed by atoms with Gasteiger partial charge in [-0.1, -0.05) is 72.0 Å². The molecule has 9 heteroatoms. The Morgan fingerprint density at radius 1 is 1.05 bits per heavy atom.